The maximum Gasteiger partial charge on any atom is 0.129 e. The third-order valence-corrected chi connectivity index (χ3v) is 4.01. The first-order valence-electron chi connectivity index (χ1n) is 6.62. The maximum absolute atomic E-state index is 10.8. The van der Waals surface area contributed by atoms with Crippen LogP contribution in [0.5, 0.6) is 0 Å². The lowest BCUT2D eigenvalue weighted by atomic mass is 9.87. The minimum absolute atomic E-state index is 0.227. The van der Waals surface area contributed by atoms with Gasteiger partial charge in [0.1, 0.15) is 5.78 Å². The van der Waals surface area contributed by atoms with E-state index in [1.54, 1.807) is 6.92 Å². The Morgan fingerprint density at radius 1 is 1.11 bits per heavy atom. The molecule has 0 radical (unpaired) electrons. The van der Waals surface area contributed by atoms with Crippen molar-refractivity contribution in [1.82, 2.24) is 0 Å². The summed E-state index contributed by atoms with van der Waals surface area (Å²) in [6.07, 6.45) is 2.86. The SMILES string of the molecule is CC(=O)CCCCSc1ccc(C(C)(C)C)cc1. The Labute approximate surface area is 115 Å². The minimum Gasteiger partial charge on any atom is -0.300 e. The fourth-order valence-electron chi connectivity index (χ4n) is 1.72. The highest BCUT2D eigenvalue weighted by Gasteiger charge is 2.12. The first-order chi connectivity index (χ1) is 8.39. The van der Waals surface area contributed by atoms with Crippen LogP contribution in [0.2, 0.25) is 0 Å². The van der Waals surface area contributed by atoms with E-state index in [4.69, 9.17) is 0 Å². The van der Waals surface area contributed by atoms with Crippen LogP contribution in [0.25, 0.3) is 0 Å². The molecule has 0 aliphatic rings. The Morgan fingerprint density at radius 2 is 1.72 bits per heavy atom. The lowest BCUT2D eigenvalue weighted by molar-refractivity contribution is -0.117. The van der Waals surface area contributed by atoms with Crippen LogP contribution < -0.4 is 0 Å². The van der Waals surface area contributed by atoms with Crippen LogP contribution in [-0.4, -0.2) is 11.5 Å². The molecular formula is C16H24OS. The van der Waals surface area contributed by atoms with Crippen molar-refractivity contribution in [2.24, 2.45) is 0 Å². The van der Waals surface area contributed by atoms with Crippen molar-refractivity contribution in [3.63, 3.8) is 0 Å². The van der Waals surface area contributed by atoms with E-state index < -0.39 is 0 Å². The summed E-state index contributed by atoms with van der Waals surface area (Å²) in [4.78, 5) is 12.1. The molecule has 0 N–H and O–H groups in total. The first-order valence-corrected chi connectivity index (χ1v) is 7.61. The molecule has 1 aromatic carbocycles. The van der Waals surface area contributed by atoms with E-state index in [1.807, 2.05) is 11.8 Å². The zero-order chi connectivity index (χ0) is 13.6. The molecule has 0 unspecified atom stereocenters. The second kappa shape index (κ2) is 6.98. The molecule has 18 heavy (non-hydrogen) atoms. The largest absolute Gasteiger partial charge is 0.300 e. The van der Waals surface area contributed by atoms with Gasteiger partial charge in [0.15, 0.2) is 0 Å². The second-order valence-electron chi connectivity index (χ2n) is 5.78. The average Bonchev–Trinajstić information content (AvgIpc) is 2.27. The monoisotopic (exact) mass is 264 g/mol. The van der Waals surface area contributed by atoms with Crippen LogP contribution in [0.4, 0.5) is 0 Å². The van der Waals surface area contributed by atoms with Crippen molar-refractivity contribution < 1.29 is 4.79 Å². The molecule has 0 aliphatic heterocycles. The van der Waals surface area contributed by atoms with Gasteiger partial charge in [0.05, 0.1) is 0 Å². The van der Waals surface area contributed by atoms with Crippen LogP contribution >= 0.6 is 11.8 Å². The summed E-state index contributed by atoms with van der Waals surface area (Å²) in [7, 11) is 0. The Hall–Kier alpha value is -0.760. The van der Waals surface area contributed by atoms with Gasteiger partial charge in [0.2, 0.25) is 0 Å². The molecule has 1 rings (SSSR count). The third kappa shape index (κ3) is 5.72. The van der Waals surface area contributed by atoms with Gasteiger partial charge in [-0.15, -0.1) is 11.8 Å². The molecule has 0 aromatic heterocycles. The van der Waals surface area contributed by atoms with Gasteiger partial charge in [-0.1, -0.05) is 32.9 Å². The van der Waals surface area contributed by atoms with E-state index in [1.165, 1.54) is 10.5 Å². The van der Waals surface area contributed by atoms with Crippen molar-refractivity contribution in [3.8, 4) is 0 Å². The predicted molar refractivity (Wildman–Crippen MR) is 80.4 cm³/mol. The summed E-state index contributed by atoms with van der Waals surface area (Å²) >= 11 is 1.88. The number of carbonyl (C=O) groups is 1. The molecular weight excluding hydrogens is 240 g/mol. The van der Waals surface area contributed by atoms with Crippen molar-refractivity contribution in [2.75, 3.05) is 5.75 Å². The number of hydrogen-bond donors (Lipinski definition) is 0. The Balaban J connectivity index is 2.33. The fraction of sp³-hybridized carbons (Fsp3) is 0.562. The van der Waals surface area contributed by atoms with Gasteiger partial charge in [-0.2, -0.15) is 0 Å². The summed E-state index contributed by atoms with van der Waals surface area (Å²) in [6.45, 7) is 8.36. The van der Waals surface area contributed by atoms with Crippen LogP contribution in [0.3, 0.4) is 0 Å². The number of carbonyl (C=O) groups excluding carboxylic acids is 1. The van der Waals surface area contributed by atoms with E-state index in [0.717, 1.165) is 25.0 Å². The van der Waals surface area contributed by atoms with Gasteiger partial charge in [-0.05, 0) is 48.6 Å². The molecule has 0 saturated heterocycles. The topological polar surface area (TPSA) is 17.1 Å². The molecule has 1 nitrogen and oxygen atoms in total. The molecule has 0 saturated carbocycles. The van der Waals surface area contributed by atoms with Crippen LogP contribution in [-0.2, 0) is 10.2 Å². The van der Waals surface area contributed by atoms with Gasteiger partial charge in [0, 0.05) is 11.3 Å². The van der Waals surface area contributed by atoms with Crippen LogP contribution in [0.1, 0.15) is 52.5 Å². The highest BCUT2D eigenvalue weighted by molar-refractivity contribution is 7.99. The lowest BCUT2D eigenvalue weighted by Crippen LogP contribution is -2.10. The number of ketones is 1. The number of thioether (sulfide) groups is 1. The summed E-state index contributed by atoms with van der Waals surface area (Å²) in [5.74, 6) is 1.40. The zero-order valence-corrected chi connectivity index (χ0v) is 12.8. The Morgan fingerprint density at radius 3 is 2.22 bits per heavy atom. The standard InChI is InChI=1S/C16H24OS/c1-13(17)7-5-6-12-18-15-10-8-14(9-11-15)16(2,3)4/h8-11H,5-7,12H2,1-4H3. The predicted octanol–water partition coefficient (Wildman–Crippen LogP) is 4.84. The second-order valence-corrected chi connectivity index (χ2v) is 6.95. The fourth-order valence-corrected chi connectivity index (χ4v) is 2.63. The van der Waals surface area contributed by atoms with Crippen molar-refractivity contribution >= 4 is 17.5 Å². The van der Waals surface area contributed by atoms with Crippen molar-refractivity contribution in [2.45, 2.75) is 57.3 Å². The minimum atomic E-state index is 0.227. The quantitative estimate of drug-likeness (QED) is 0.540. The summed E-state index contributed by atoms with van der Waals surface area (Å²) in [5, 5.41) is 0. The summed E-state index contributed by atoms with van der Waals surface area (Å²) in [6, 6.07) is 8.85. The van der Waals surface area contributed by atoms with E-state index >= 15 is 0 Å². The van der Waals surface area contributed by atoms with Gasteiger partial charge in [-0.3, -0.25) is 0 Å². The molecule has 0 amide bonds. The molecule has 0 bridgehead atoms. The molecule has 0 aliphatic carbocycles. The summed E-state index contributed by atoms with van der Waals surface area (Å²) in [5.41, 5.74) is 1.61. The van der Waals surface area contributed by atoms with E-state index in [9.17, 15) is 4.79 Å². The molecule has 0 spiro atoms. The van der Waals surface area contributed by atoms with Gasteiger partial charge < -0.3 is 4.79 Å². The zero-order valence-electron chi connectivity index (χ0n) is 12.0. The number of hydrogen-bond acceptors (Lipinski definition) is 2. The molecule has 100 valence electrons. The molecule has 2 heteroatoms. The van der Waals surface area contributed by atoms with E-state index in [-0.39, 0.29) is 5.41 Å². The normalized spacial score (nSPS) is 11.6. The number of unbranched alkanes of at least 4 members (excludes halogenated alkanes) is 1. The first kappa shape index (κ1) is 15.3. The van der Waals surface area contributed by atoms with Gasteiger partial charge in [-0.25, -0.2) is 0 Å². The number of benzene rings is 1. The molecule has 0 heterocycles. The Bertz CT molecular complexity index is 373. The highest BCUT2D eigenvalue weighted by atomic mass is 32.2. The van der Waals surface area contributed by atoms with Gasteiger partial charge in [0.25, 0.3) is 0 Å². The summed E-state index contributed by atoms with van der Waals surface area (Å²) < 4.78 is 0. The van der Waals surface area contributed by atoms with E-state index in [2.05, 4.69) is 45.0 Å². The number of rotatable bonds is 6. The lowest BCUT2D eigenvalue weighted by Gasteiger charge is -2.19. The number of Topliss-reactive ketones (excluding diaryl/α,β-unsaturated/α-hetero) is 1. The highest BCUT2D eigenvalue weighted by Crippen LogP contribution is 2.26. The van der Waals surface area contributed by atoms with Crippen molar-refractivity contribution in [1.29, 1.82) is 0 Å². The maximum atomic E-state index is 10.8. The van der Waals surface area contributed by atoms with Gasteiger partial charge >= 0.3 is 0 Å². The van der Waals surface area contributed by atoms with E-state index in [0.29, 0.717) is 5.78 Å². The third-order valence-electron chi connectivity index (χ3n) is 2.91. The van der Waals surface area contributed by atoms with Crippen molar-refractivity contribution in [3.05, 3.63) is 29.8 Å². The van der Waals surface area contributed by atoms with Crippen LogP contribution in [0, 0.1) is 0 Å². The molecule has 1 aromatic rings. The van der Waals surface area contributed by atoms with Crippen LogP contribution in [0.15, 0.2) is 29.2 Å². The smallest absolute Gasteiger partial charge is 0.129 e. The molecule has 0 atom stereocenters. The Kier molecular flexibility index (Phi) is 5.94. The average molecular weight is 264 g/mol. The molecule has 0 fully saturated rings.